The molecule has 0 bridgehead atoms. The summed E-state index contributed by atoms with van der Waals surface area (Å²) in [5, 5.41) is 8.76. The lowest BCUT2D eigenvalue weighted by Gasteiger charge is -2.37. The second-order valence-electron chi connectivity index (χ2n) is 6.39. The van der Waals surface area contributed by atoms with Gasteiger partial charge < -0.3 is 15.5 Å². The highest BCUT2D eigenvalue weighted by Crippen LogP contribution is 2.28. The first kappa shape index (κ1) is 15.8. The van der Waals surface area contributed by atoms with Gasteiger partial charge in [-0.05, 0) is 51.0 Å². The van der Waals surface area contributed by atoms with Crippen molar-refractivity contribution in [3.63, 3.8) is 0 Å². The Hall–Kier alpha value is -2.55. The summed E-state index contributed by atoms with van der Waals surface area (Å²) in [6.45, 7) is 6.67. The van der Waals surface area contributed by atoms with Crippen LogP contribution in [0.2, 0.25) is 0 Å². The molecule has 6 heteroatoms. The van der Waals surface area contributed by atoms with Gasteiger partial charge in [0.1, 0.15) is 0 Å². The molecule has 1 aliphatic rings. The van der Waals surface area contributed by atoms with Crippen LogP contribution in [0.5, 0.6) is 0 Å². The lowest BCUT2D eigenvalue weighted by atomic mass is 9.97. The number of aliphatic imine (C=N–C) groups is 1. The van der Waals surface area contributed by atoms with Gasteiger partial charge in [-0.2, -0.15) is 5.26 Å². The van der Waals surface area contributed by atoms with Gasteiger partial charge >= 0.3 is 0 Å². The highest BCUT2D eigenvalue weighted by atomic mass is 16.2. The molecule has 0 radical (unpaired) electrons. The number of carbonyl (C=O) groups excluding carboxylic acids is 1. The molecule has 2 rings (SSSR count). The molecular weight excluding hydrogens is 278 g/mol. The second kappa shape index (κ2) is 5.68. The van der Waals surface area contributed by atoms with Gasteiger partial charge in [0.25, 0.3) is 5.91 Å². The first-order valence-electron chi connectivity index (χ1n) is 7.16. The maximum Gasteiger partial charge on any atom is 0.253 e. The minimum Gasteiger partial charge on any atom is -0.369 e. The predicted molar refractivity (Wildman–Crippen MR) is 86.6 cm³/mol. The predicted octanol–water partition coefficient (Wildman–Crippen LogP) is 1.72. The molecule has 0 aliphatic carbocycles. The molecule has 1 aromatic rings. The zero-order valence-electron chi connectivity index (χ0n) is 13.4. The van der Waals surface area contributed by atoms with Crippen molar-refractivity contribution in [2.75, 3.05) is 18.5 Å². The zero-order chi connectivity index (χ0) is 16.5. The molecule has 6 nitrogen and oxygen atoms in total. The van der Waals surface area contributed by atoms with Gasteiger partial charge in [0, 0.05) is 30.4 Å². The van der Waals surface area contributed by atoms with Crippen molar-refractivity contribution in [1.29, 1.82) is 5.26 Å². The summed E-state index contributed by atoms with van der Waals surface area (Å²) < 4.78 is 0. The fraction of sp³-hybridized carbons (Fsp3) is 0.438. The van der Waals surface area contributed by atoms with E-state index in [0.717, 1.165) is 23.2 Å². The van der Waals surface area contributed by atoms with Crippen LogP contribution in [0.15, 0.2) is 23.2 Å². The molecule has 0 spiro atoms. The third-order valence-electron chi connectivity index (χ3n) is 3.71. The number of nitrogens with zero attached hydrogens (tertiary/aromatic N) is 4. The van der Waals surface area contributed by atoms with E-state index < -0.39 is 0 Å². The van der Waals surface area contributed by atoms with E-state index >= 15 is 0 Å². The van der Waals surface area contributed by atoms with Crippen LogP contribution in [-0.2, 0) is 6.42 Å². The van der Waals surface area contributed by atoms with E-state index in [1.807, 2.05) is 39.0 Å². The topological polar surface area (TPSA) is 85.7 Å². The molecule has 0 unspecified atom stereocenters. The van der Waals surface area contributed by atoms with Gasteiger partial charge in [0.15, 0.2) is 0 Å². The Kier molecular flexibility index (Phi) is 4.09. The van der Waals surface area contributed by atoms with Gasteiger partial charge in [-0.1, -0.05) is 0 Å². The number of amides is 1. The van der Waals surface area contributed by atoms with Crippen molar-refractivity contribution in [3.05, 3.63) is 29.3 Å². The average Bonchev–Trinajstić information content (AvgIpc) is 2.42. The summed E-state index contributed by atoms with van der Waals surface area (Å²) in [7, 11) is 1.80. The van der Waals surface area contributed by atoms with Crippen LogP contribution in [-0.4, -0.2) is 35.9 Å². The number of likely N-dealkylation sites (N-methyl/N-ethyl adjacent to an activating group) is 1. The standard InChI is InChI=1S/C16H21N5O/c1-16(2,3)21(15(18)19-10-17)12-5-6-13-11(9-12)7-8-20(4)14(13)22/h5-6,9H,7-8H2,1-4H3,(H2,18,19). The molecular formula is C16H21N5O. The summed E-state index contributed by atoms with van der Waals surface area (Å²) in [5.41, 5.74) is 8.17. The van der Waals surface area contributed by atoms with Crippen LogP contribution in [0.1, 0.15) is 36.7 Å². The van der Waals surface area contributed by atoms with Crippen LogP contribution < -0.4 is 10.6 Å². The van der Waals surface area contributed by atoms with E-state index in [1.54, 1.807) is 23.0 Å². The Balaban J connectivity index is 2.50. The molecule has 0 atom stereocenters. The van der Waals surface area contributed by atoms with Crippen molar-refractivity contribution in [2.24, 2.45) is 10.7 Å². The van der Waals surface area contributed by atoms with E-state index in [9.17, 15) is 4.79 Å². The maximum absolute atomic E-state index is 12.2. The molecule has 22 heavy (non-hydrogen) atoms. The fourth-order valence-corrected chi connectivity index (χ4v) is 2.69. The number of benzene rings is 1. The first-order chi connectivity index (χ1) is 10.3. The SMILES string of the molecule is CN1CCc2cc(N(C(N)=NC#N)C(C)(C)C)ccc2C1=O. The van der Waals surface area contributed by atoms with E-state index in [-0.39, 0.29) is 17.4 Å². The normalized spacial score (nSPS) is 15.3. The van der Waals surface area contributed by atoms with E-state index in [4.69, 9.17) is 11.0 Å². The van der Waals surface area contributed by atoms with Gasteiger partial charge in [0.05, 0.1) is 0 Å². The molecule has 1 aliphatic heterocycles. The summed E-state index contributed by atoms with van der Waals surface area (Å²) in [6.07, 6.45) is 2.53. The molecule has 2 N–H and O–H groups in total. The Labute approximate surface area is 130 Å². The molecule has 116 valence electrons. The Morgan fingerprint density at radius 2 is 2.14 bits per heavy atom. The quantitative estimate of drug-likeness (QED) is 0.486. The first-order valence-corrected chi connectivity index (χ1v) is 7.16. The van der Waals surface area contributed by atoms with E-state index in [1.165, 1.54) is 0 Å². The number of nitrogens with two attached hydrogens (primary N) is 1. The highest BCUT2D eigenvalue weighted by molar-refractivity contribution is 5.99. The number of fused-ring (bicyclic) bond motifs is 1. The number of hydrogen-bond acceptors (Lipinski definition) is 3. The monoisotopic (exact) mass is 299 g/mol. The van der Waals surface area contributed by atoms with Gasteiger partial charge in [0.2, 0.25) is 12.2 Å². The lowest BCUT2D eigenvalue weighted by molar-refractivity contribution is 0.0781. The molecule has 1 amide bonds. The smallest absolute Gasteiger partial charge is 0.253 e. The number of carbonyl (C=O) groups is 1. The number of nitriles is 1. The molecule has 0 fully saturated rings. The fourth-order valence-electron chi connectivity index (χ4n) is 2.69. The molecule has 1 heterocycles. The van der Waals surface area contributed by atoms with Crippen LogP contribution in [0.4, 0.5) is 5.69 Å². The minimum absolute atomic E-state index is 0.0359. The van der Waals surface area contributed by atoms with Crippen molar-refractivity contribution in [1.82, 2.24) is 4.90 Å². The van der Waals surface area contributed by atoms with Crippen molar-refractivity contribution in [2.45, 2.75) is 32.7 Å². The number of rotatable bonds is 1. The summed E-state index contributed by atoms with van der Waals surface area (Å²) in [4.78, 5) is 19.3. The summed E-state index contributed by atoms with van der Waals surface area (Å²) in [6, 6.07) is 5.63. The van der Waals surface area contributed by atoms with Crippen LogP contribution >= 0.6 is 0 Å². The van der Waals surface area contributed by atoms with Crippen molar-refractivity contribution in [3.8, 4) is 6.19 Å². The summed E-state index contributed by atoms with van der Waals surface area (Å²) >= 11 is 0. The number of guanidine groups is 1. The average molecular weight is 299 g/mol. The molecule has 1 aromatic carbocycles. The van der Waals surface area contributed by atoms with Crippen LogP contribution in [0.25, 0.3) is 0 Å². The van der Waals surface area contributed by atoms with Gasteiger partial charge in [-0.3, -0.25) is 4.79 Å². The van der Waals surface area contributed by atoms with E-state index in [0.29, 0.717) is 6.54 Å². The second-order valence-corrected chi connectivity index (χ2v) is 6.39. The Morgan fingerprint density at radius 3 is 2.73 bits per heavy atom. The van der Waals surface area contributed by atoms with Crippen LogP contribution in [0.3, 0.4) is 0 Å². The van der Waals surface area contributed by atoms with Gasteiger partial charge in [-0.15, -0.1) is 4.99 Å². The Bertz CT molecular complexity index is 666. The number of anilines is 1. The minimum atomic E-state index is -0.339. The zero-order valence-corrected chi connectivity index (χ0v) is 13.4. The third-order valence-corrected chi connectivity index (χ3v) is 3.71. The molecule has 0 saturated heterocycles. The maximum atomic E-state index is 12.2. The number of hydrogen-bond donors (Lipinski definition) is 1. The van der Waals surface area contributed by atoms with Crippen molar-refractivity contribution >= 4 is 17.6 Å². The molecule has 0 aromatic heterocycles. The summed E-state index contributed by atoms with van der Waals surface area (Å²) in [5.74, 6) is 0.183. The Morgan fingerprint density at radius 1 is 1.45 bits per heavy atom. The third kappa shape index (κ3) is 2.89. The lowest BCUT2D eigenvalue weighted by Crippen LogP contribution is -2.49. The molecule has 0 saturated carbocycles. The van der Waals surface area contributed by atoms with E-state index in [2.05, 4.69) is 4.99 Å². The van der Waals surface area contributed by atoms with Gasteiger partial charge in [-0.25, -0.2) is 0 Å². The van der Waals surface area contributed by atoms with Crippen molar-refractivity contribution < 1.29 is 4.79 Å². The highest BCUT2D eigenvalue weighted by Gasteiger charge is 2.28. The largest absolute Gasteiger partial charge is 0.369 e. The van der Waals surface area contributed by atoms with Crippen LogP contribution in [0, 0.1) is 11.5 Å².